The van der Waals surface area contributed by atoms with Crippen molar-refractivity contribution in [3.8, 4) is 5.75 Å². The van der Waals surface area contributed by atoms with Gasteiger partial charge in [0.2, 0.25) is 12.4 Å². The van der Waals surface area contributed by atoms with Gasteiger partial charge in [-0.1, -0.05) is 12.2 Å². The van der Waals surface area contributed by atoms with Crippen LogP contribution in [0.4, 0.5) is 33.9 Å². The molecule has 268 valence electrons. The van der Waals surface area contributed by atoms with Crippen LogP contribution < -0.4 is 25.6 Å². The van der Waals surface area contributed by atoms with Crippen molar-refractivity contribution in [2.75, 3.05) is 42.3 Å². The number of pyridine rings is 1. The van der Waals surface area contributed by atoms with Gasteiger partial charge in [0.05, 0.1) is 12.1 Å². The largest absolute Gasteiger partial charge is 0.490 e. The van der Waals surface area contributed by atoms with Gasteiger partial charge in [0.15, 0.2) is 11.6 Å². The van der Waals surface area contributed by atoms with Gasteiger partial charge in [-0.15, -0.1) is 0 Å². The Labute approximate surface area is 297 Å². The molecule has 1 aliphatic heterocycles. The molecule has 2 bridgehead atoms. The van der Waals surface area contributed by atoms with E-state index in [0.29, 0.717) is 50.0 Å². The fraction of sp³-hybridized carbons (Fsp3) is 0.405. The molecule has 3 N–H and O–H groups in total. The Balaban J connectivity index is 1.25. The Morgan fingerprint density at radius 3 is 2.71 bits per heavy atom. The molecule has 0 atom stereocenters. The van der Waals surface area contributed by atoms with E-state index in [2.05, 4.69) is 30.5 Å². The molecule has 14 heteroatoms. The first-order chi connectivity index (χ1) is 24.5. The zero-order valence-corrected chi connectivity index (χ0v) is 29.7. The van der Waals surface area contributed by atoms with Gasteiger partial charge < -0.3 is 34.9 Å². The van der Waals surface area contributed by atoms with Crippen molar-refractivity contribution in [1.82, 2.24) is 29.7 Å². The van der Waals surface area contributed by atoms with E-state index in [1.165, 1.54) is 11.1 Å². The Kier molecular flexibility index (Phi) is 10.1. The maximum Gasteiger partial charge on any atom is 0.410 e. The molecule has 0 unspecified atom stereocenters. The summed E-state index contributed by atoms with van der Waals surface area (Å²) >= 11 is 0. The topological polar surface area (TPSA) is 156 Å². The molecule has 51 heavy (non-hydrogen) atoms. The van der Waals surface area contributed by atoms with E-state index in [1.807, 2.05) is 77.4 Å². The summed E-state index contributed by atoms with van der Waals surface area (Å²) in [6.07, 6.45) is 11.0. The number of nitrogens with zero attached hydrogens (tertiary/aromatic N) is 6. The molecule has 3 amide bonds. The van der Waals surface area contributed by atoms with Crippen LogP contribution >= 0.6 is 0 Å². The Hall–Kier alpha value is -5.66. The van der Waals surface area contributed by atoms with Crippen molar-refractivity contribution in [2.24, 2.45) is 0 Å². The van der Waals surface area contributed by atoms with Gasteiger partial charge in [-0.2, -0.15) is 4.98 Å². The SMILES string of the molecule is CCOc1ccc2nc1N(C=O)CCC/C=C\CNC(=O)c1cnc(Nc3ccc4c(ccn4CC4(N(C)C(=O)OC(C)(C)C)CC4)c3)nc1N2. The van der Waals surface area contributed by atoms with Crippen molar-refractivity contribution in [3.05, 3.63) is 66.5 Å². The minimum absolute atomic E-state index is 0.228. The summed E-state index contributed by atoms with van der Waals surface area (Å²) in [6, 6.07) is 11.5. The van der Waals surface area contributed by atoms with Crippen LogP contribution in [0.2, 0.25) is 0 Å². The molecule has 1 fully saturated rings. The lowest BCUT2D eigenvalue weighted by Gasteiger charge is -2.31. The number of nitrogens with one attached hydrogen (secondary N) is 3. The Bertz CT molecular complexity index is 1950. The number of amides is 3. The lowest BCUT2D eigenvalue weighted by atomic mass is 10.2. The number of carbonyl (C=O) groups excluding carboxylic acids is 3. The monoisotopic (exact) mass is 695 g/mol. The third-order valence-electron chi connectivity index (χ3n) is 8.83. The predicted octanol–water partition coefficient (Wildman–Crippen LogP) is 6.15. The number of hydrogen-bond acceptors (Lipinski definition) is 10. The second-order valence-corrected chi connectivity index (χ2v) is 13.8. The van der Waals surface area contributed by atoms with Crippen LogP contribution in [0.25, 0.3) is 10.9 Å². The van der Waals surface area contributed by atoms with E-state index in [9.17, 15) is 14.4 Å². The maximum absolute atomic E-state index is 13.3. The average Bonchev–Trinajstić information content (AvgIpc) is 3.77. The smallest absolute Gasteiger partial charge is 0.410 e. The predicted molar refractivity (Wildman–Crippen MR) is 196 cm³/mol. The van der Waals surface area contributed by atoms with Gasteiger partial charge in [0, 0.05) is 55.7 Å². The number of likely N-dealkylation sites (N-methyl/N-ethyl adjacent to an activating group) is 1. The van der Waals surface area contributed by atoms with Crippen LogP contribution in [0, 0.1) is 0 Å². The summed E-state index contributed by atoms with van der Waals surface area (Å²) in [5.74, 6) is 1.38. The summed E-state index contributed by atoms with van der Waals surface area (Å²) in [6.45, 7) is 9.32. The van der Waals surface area contributed by atoms with E-state index in [4.69, 9.17) is 14.5 Å². The minimum Gasteiger partial charge on any atom is -0.490 e. The fourth-order valence-electron chi connectivity index (χ4n) is 5.97. The molecular weight excluding hydrogens is 650 g/mol. The van der Waals surface area contributed by atoms with Crippen LogP contribution in [0.3, 0.4) is 0 Å². The van der Waals surface area contributed by atoms with Gasteiger partial charge in [-0.3, -0.25) is 14.5 Å². The van der Waals surface area contributed by atoms with Crippen molar-refractivity contribution < 1.29 is 23.9 Å². The molecule has 14 nitrogen and oxygen atoms in total. The normalized spacial score (nSPS) is 16.4. The highest BCUT2D eigenvalue weighted by molar-refractivity contribution is 5.99. The first-order valence-electron chi connectivity index (χ1n) is 17.2. The highest BCUT2D eigenvalue weighted by Gasteiger charge is 2.50. The van der Waals surface area contributed by atoms with Crippen molar-refractivity contribution in [1.29, 1.82) is 0 Å². The highest BCUT2D eigenvalue weighted by atomic mass is 16.6. The molecule has 2 aliphatic rings. The number of anilines is 5. The van der Waals surface area contributed by atoms with Gasteiger partial charge in [0.25, 0.3) is 5.91 Å². The number of rotatable bonds is 8. The van der Waals surface area contributed by atoms with E-state index >= 15 is 0 Å². The molecule has 0 spiro atoms. The van der Waals surface area contributed by atoms with Crippen LogP contribution in [0.15, 0.2) is 60.9 Å². The van der Waals surface area contributed by atoms with Gasteiger partial charge >= 0.3 is 6.09 Å². The molecule has 3 aromatic heterocycles. The molecule has 4 heterocycles. The molecule has 0 saturated heterocycles. The number of aromatic nitrogens is 4. The zero-order chi connectivity index (χ0) is 36.2. The maximum atomic E-state index is 13.3. The van der Waals surface area contributed by atoms with E-state index < -0.39 is 5.60 Å². The molecule has 4 aromatic rings. The quantitative estimate of drug-likeness (QED) is 0.144. The highest BCUT2D eigenvalue weighted by Crippen LogP contribution is 2.44. The van der Waals surface area contributed by atoms with Crippen molar-refractivity contribution in [3.63, 3.8) is 0 Å². The van der Waals surface area contributed by atoms with E-state index in [0.717, 1.165) is 42.3 Å². The molecule has 1 aliphatic carbocycles. The lowest BCUT2D eigenvalue weighted by Crippen LogP contribution is -2.44. The number of benzene rings is 1. The Morgan fingerprint density at radius 2 is 1.96 bits per heavy atom. The van der Waals surface area contributed by atoms with Gasteiger partial charge in [0.1, 0.15) is 22.8 Å². The lowest BCUT2D eigenvalue weighted by molar-refractivity contribution is -0.107. The van der Waals surface area contributed by atoms with Crippen LogP contribution in [0.1, 0.15) is 63.7 Å². The zero-order valence-electron chi connectivity index (χ0n) is 29.7. The van der Waals surface area contributed by atoms with E-state index in [-0.39, 0.29) is 34.9 Å². The van der Waals surface area contributed by atoms with Crippen molar-refractivity contribution >= 4 is 58.4 Å². The number of ether oxygens (including phenoxy) is 2. The first-order valence-corrected chi connectivity index (χ1v) is 17.2. The third-order valence-corrected chi connectivity index (χ3v) is 8.83. The Morgan fingerprint density at radius 1 is 1.14 bits per heavy atom. The first kappa shape index (κ1) is 35.2. The molecular formula is C37H45N9O5. The summed E-state index contributed by atoms with van der Waals surface area (Å²) in [4.78, 5) is 55.3. The summed E-state index contributed by atoms with van der Waals surface area (Å²) in [5, 5.41) is 10.3. The van der Waals surface area contributed by atoms with Crippen molar-refractivity contribution in [2.45, 2.75) is 71.1 Å². The summed E-state index contributed by atoms with van der Waals surface area (Å²) < 4.78 is 13.6. The number of carbonyl (C=O) groups is 3. The standard InChI is InChI=1S/C37H45N9O5/c1-6-50-29-13-14-30-41-31-27(33(48)38-18-9-7-8-10-19-46(24-47)32(29)42-30)22-39-34(43-31)40-26-11-12-28-25(21-26)15-20-45(28)23-37(16-17-37)44(5)35(49)51-36(2,3)4/h7,9,11-15,20-22,24H,6,8,10,16-19,23H2,1-5H3,(H,38,48)(H2,39,40,41,42,43)/b9-7-. The fourth-order valence-corrected chi connectivity index (χ4v) is 5.97. The summed E-state index contributed by atoms with van der Waals surface area (Å²) in [7, 11) is 1.81. The van der Waals surface area contributed by atoms with Crippen LogP contribution in [-0.2, 0) is 16.1 Å². The molecule has 1 saturated carbocycles. The third kappa shape index (κ3) is 8.22. The number of allylic oxidation sites excluding steroid dienone is 1. The average molecular weight is 696 g/mol. The van der Waals surface area contributed by atoms with Gasteiger partial charge in [-0.25, -0.2) is 14.8 Å². The van der Waals surface area contributed by atoms with Gasteiger partial charge in [-0.05, 0) is 89.8 Å². The summed E-state index contributed by atoms with van der Waals surface area (Å²) in [5.41, 5.74) is 1.16. The number of fused-ring (bicyclic) bond motifs is 4. The molecule has 1 aromatic carbocycles. The second-order valence-electron chi connectivity index (χ2n) is 13.8. The molecule has 6 rings (SSSR count). The minimum atomic E-state index is -0.560. The number of hydrogen-bond donors (Lipinski definition) is 3. The van der Waals surface area contributed by atoms with E-state index in [1.54, 1.807) is 17.0 Å². The molecule has 0 radical (unpaired) electrons. The van der Waals surface area contributed by atoms with Crippen LogP contribution in [-0.4, -0.2) is 80.7 Å². The second kappa shape index (κ2) is 14.7. The van der Waals surface area contributed by atoms with Crippen LogP contribution in [0.5, 0.6) is 5.75 Å².